The Morgan fingerprint density at radius 1 is 0.946 bits per heavy atom. The van der Waals surface area contributed by atoms with Gasteiger partial charge in [-0.3, -0.25) is 4.79 Å². The van der Waals surface area contributed by atoms with Crippen LogP contribution in [0.25, 0.3) is 22.4 Å². The monoisotopic (exact) mass is 507 g/mol. The molecule has 0 saturated heterocycles. The van der Waals surface area contributed by atoms with Crippen molar-refractivity contribution in [1.82, 2.24) is 10.3 Å². The van der Waals surface area contributed by atoms with Gasteiger partial charge in [-0.1, -0.05) is 84.6 Å². The third-order valence-corrected chi connectivity index (χ3v) is 6.52. The fourth-order valence-corrected chi connectivity index (χ4v) is 4.53. The maximum absolute atomic E-state index is 12.6. The second-order valence-corrected chi connectivity index (χ2v) is 9.03. The standard InChI is InChI=1S/C30H25N3O3S/c1-2-36-30(35)24-15-13-21(14-16-24)19-32-28(34)20-37-29-26(18-31)25(22-9-5-3-6-10-22)17-27(33-29)23-11-7-4-8-12-23/h3-17H,2,19-20H2,1H3,(H,32,34). The molecule has 37 heavy (non-hydrogen) atoms. The summed E-state index contributed by atoms with van der Waals surface area (Å²) in [5.41, 5.74) is 5.13. The van der Waals surface area contributed by atoms with Crippen molar-refractivity contribution < 1.29 is 14.3 Å². The minimum Gasteiger partial charge on any atom is -0.462 e. The van der Waals surface area contributed by atoms with Gasteiger partial charge < -0.3 is 10.1 Å². The number of pyridine rings is 1. The Hall–Kier alpha value is -4.41. The van der Waals surface area contributed by atoms with Crippen molar-refractivity contribution in [3.8, 4) is 28.5 Å². The van der Waals surface area contributed by atoms with E-state index in [1.54, 1.807) is 31.2 Å². The van der Waals surface area contributed by atoms with Crippen LogP contribution in [0.2, 0.25) is 0 Å². The number of nitrogens with one attached hydrogen (secondary N) is 1. The predicted molar refractivity (Wildman–Crippen MR) is 145 cm³/mol. The minimum atomic E-state index is -0.372. The number of carbonyl (C=O) groups is 2. The van der Waals surface area contributed by atoms with Gasteiger partial charge in [0, 0.05) is 17.7 Å². The Morgan fingerprint density at radius 3 is 2.22 bits per heavy atom. The van der Waals surface area contributed by atoms with Crippen LogP contribution in [0.1, 0.15) is 28.4 Å². The van der Waals surface area contributed by atoms with E-state index in [0.717, 1.165) is 27.9 Å². The highest BCUT2D eigenvalue weighted by molar-refractivity contribution is 8.00. The summed E-state index contributed by atoms with van der Waals surface area (Å²) >= 11 is 1.24. The van der Waals surface area contributed by atoms with Crippen LogP contribution in [0.3, 0.4) is 0 Å². The van der Waals surface area contributed by atoms with Crippen LogP contribution in [-0.4, -0.2) is 29.2 Å². The van der Waals surface area contributed by atoms with Gasteiger partial charge >= 0.3 is 5.97 Å². The summed E-state index contributed by atoms with van der Waals surface area (Å²) in [7, 11) is 0. The molecule has 0 aliphatic rings. The lowest BCUT2D eigenvalue weighted by Crippen LogP contribution is -2.24. The highest BCUT2D eigenvalue weighted by atomic mass is 32.2. The fraction of sp³-hybridized carbons (Fsp3) is 0.133. The Balaban J connectivity index is 1.50. The normalized spacial score (nSPS) is 10.4. The Labute approximate surface area is 220 Å². The lowest BCUT2D eigenvalue weighted by atomic mass is 9.99. The van der Waals surface area contributed by atoms with Crippen LogP contribution in [0.4, 0.5) is 0 Å². The maximum Gasteiger partial charge on any atom is 0.338 e. The van der Waals surface area contributed by atoms with Crippen molar-refractivity contribution in [3.05, 3.63) is 108 Å². The van der Waals surface area contributed by atoms with E-state index in [1.165, 1.54) is 11.8 Å². The second kappa shape index (κ2) is 12.5. The average molecular weight is 508 g/mol. The van der Waals surface area contributed by atoms with Gasteiger partial charge in [-0.2, -0.15) is 5.26 Å². The van der Waals surface area contributed by atoms with Crippen LogP contribution in [0.5, 0.6) is 0 Å². The first kappa shape index (κ1) is 25.7. The van der Waals surface area contributed by atoms with Gasteiger partial charge in [0.25, 0.3) is 0 Å². The summed E-state index contributed by atoms with van der Waals surface area (Å²) in [5.74, 6) is -0.450. The number of nitrogens with zero attached hydrogens (tertiary/aromatic N) is 2. The molecule has 0 aliphatic carbocycles. The first-order chi connectivity index (χ1) is 18.1. The number of hydrogen-bond acceptors (Lipinski definition) is 6. The topological polar surface area (TPSA) is 92.1 Å². The first-order valence-electron chi connectivity index (χ1n) is 11.8. The van der Waals surface area contributed by atoms with Crippen LogP contribution in [-0.2, 0) is 16.1 Å². The van der Waals surface area contributed by atoms with Gasteiger partial charge in [-0.05, 0) is 36.2 Å². The third-order valence-electron chi connectivity index (χ3n) is 5.55. The van der Waals surface area contributed by atoms with Crippen molar-refractivity contribution in [2.45, 2.75) is 18.5 Å². The summed E-state index contributed by atoms with van der Waals surface area (Å²) in [6.07, 6.45) is 0. The highest BCUT2D eigenvalue weighted by Crippen LogP contribution is 2.34. The summed E-state index contributed by atoms with van der Waals surface area (Å²) in [5, 5.41) is 13.4. The molecule has 7 heteroatoms. The SMILES string of the molecule is CCOC(=O)c1ccc(CNC(=O)CSc2nc(-c3ccccc3)cc(-c3ccccc3)c2C#N)cc1. The minimum absolute atomic E-state index is 0.106. The molecule has 0 fully saturated rings. The van der Waals surface area contributed by atoms with E-state index in [1.807, 2.05) is 66.7 Å². The number of nitriles is 1. The van der Waals surface area contributed by atoms with Gasteiger partial charge in [0.2, 0.25) is 5.91 Å². The Morgan fingerprint density at radius 2 is 1.59 bits per heavy atom. The smallest absolute Gasteiger partial charge is 0.338 e. The van der Waals surface area contributed by atoms with E-state index < -0.39 is 0 Å². The highest BCUT2D eigenvalue weighted by Gasteiger charge is 2.17. The molecule has 1 heterocycles. The maximum atomic E-state index is 12.6. The van der Waals surface area contributed by atoms with Crippen molar-refractivity contribution in [2.75, 3.05) is 12.4 Å². The Bertz CT molecular complexity index is 1420. The van der Waals surface area contributed by atoms with Gasteiger partial charge in [0.15, 0.2) is 0 Å². The van der Waals surface area contributed by atoms with Gasteiger partial charge in [0.05, 0.1) is 29.2 Å². The number of thioether (sulfide) groups is 1. The number of benzene rings is 3. The molecule has 0 bridgehead atoms. The number of rotatable bonds is 9. The molecule has 0 aliphatic heterocycles. The number of ether oxygens (including phenoxy) is 1. The zero-order valence-electron chi connectivity index (χ0n) is 20.3. The van der Waals surface area contributed by atoms with E-state index in [4.69, 9.17) is 9.72 Å². The summed E-state index contributed by atoms with van der Waals surface area (Å²) < 4.78 is 4.99. The van der Waals surface area contributed by atoms with Crippen molar-refractivity contribution >= 4 is 23.6 Å². The molecular weight excluding hydrogens is 482 g/mol. The summed E-state index contributed by atoms with van der Waals surface area (Å²) in [6, 6.07) is 30.6. The van der Waals surface area contributed by atoms with Crippen LogP contribution < -0.4 is 5.32 Å². The molecule has 0 saturated carbocycles. The van der Waals surface area contributed by atoms with Crippen molar-refractivity contribution in [2.24, 2.45) is 0 Å². The van der Waals surface area contributed by atoms with Crippen molar-refractivity contribution in [3.63, 3.8) is 0 Å². The van der Waals surface area contributed by atoms with E-state index in [-0.39, 0.29) is 17.6 Å². The van der Waals surface area contributed by atoms with E-state index in [2.05, 4.69) is 11.4 Å². The quantitative estimate of drug-likeness (QED) is 0.225. The number of aromatic nitrogens is 1. The molecule has 0 unspecified atom stereocenters. The number of carbonyl (C=O) groups excluding carboxylic acids is 2. The first-order valence-corrected chi connectivity index (χ1v) is 12.8. The predicted octanol–water partition coefficient (Wildman–Crippen LogP) is 5.87. The molecule has 0 radical (unpaired) electrons. The molecule has 3 aromatic carbocycles. The van der Waals surface area contributed by atoms with Gasteiger partial charge in [-0.25, -0.2) is 9.78 Å². The molecule has 1 N–H and O–H groups in total. The number of esters is 1. The van der Waals surface area contributed by atoms with Crippen molar-refractivity contribution in [1.29, 1.82) is 5.26 Å². The molecule has 4 rings (SSSR count). The van der Waals surface area contributed by atoms with E-state index >= 15 is 0 Å². The third kappa shape index (κ3) is 6.63. The van der Waals surface area contributed by atoms with E-state index in [0.29, 0.717) is 29.3 Å². The van der Waals surface area contributed by atoms with Crippen LogP contribution >= 0.6 is 11.8 Å². The largest absolute Gasteiger partial charge is 0.462 e. The average Bonchev–Trinajstić information content (AvgIpc) is 2.95. The van der Waals surface area contributed by atoms with Gasteiger partial charge in [0.1, 0.15) is 11.1 Å². The van der Waals surface area contributed by atoms with Crippen LogP contribution in [0, 0.1) is 11.3 Å². The second-order valence-electron chi connectivity index (χ2n) is 8.06. The van der Waals surface area contributed by atoms with Gasteiger partial charge in [-0.15, -0.1) is 0 Å². The number of hydrogen-bond donors (Lipinski definition) is 1. The molecule has 0 spiro atoms. The Kier molecular flexibility index (Phi) is 8.69. The van der Waals surface area contributed by atoms with Crippen LogP contribution in [0.15, 0.2) is 96.0 Å². The molecular formula is C30H25N3O3S. The van der Waals surface area contributed by atoms with E-state index in [9.17, 15) is 14.9 Å². The molecule has 6 nitrogen and oxygen atoms in total. The number of amides is 1. The zero-order valence-corrected chi connectivity index (χ0v) is 21.1. The molecule has 184 valence electrons. The lowest BCUT2D eigenvalue weighted by molar-refractivity contribution is -0.118. The molecule has 1 aromatic heterocycles. The lowest BCUT2D eigenvalue weighted by Gasteiger charge is -2.13. The molecule has 0 atom stereocenters. The fourth-order valence-electron chi connectivity index (χ4n) is 3.70. The zero-order chi connectivity index (χ0) is 26.0. The molecule has 4 aromatic rings. The summed E-state index contributed by atoms with van der Waals surface area (Å²) in [6.45, 7) is 2.40. The molecule has 1 amide bonds. The summed E-state index contributed by atoms with van der Waals surface area (Å²) in [4.78, 5) is 29.2.